The van der Waals surface area contributed by atoms with Crippen molar-refractivity contribution in [3.63, 3.8) is 0 Å². The van der Waals surface area contributed by atoms with Crippen molar-refractivity contribution in [3.05, 3.63) is 30.2 Å². The van der Waals surface area contributed by atoms with Gasteiger partial charge in [0.15, 0.2) is 5.75 Å². The number of hydrogen-bond donors (Lipinski definition) is 2. The first-order valence-corrected chi connectivity index (χ1v) is 8.52. The van der Waals surface area contributed by atoms with Crippen LogP contribution in [0.1, 0.15) is 18.5 Å². The van der Waals surface area contributed by atoms with Crippen LogP contribution in [0.3, 0.4) is 0 Å². The first kappa shape index (κ1) is 13.5. The van der Waals surface area contributed by atoms with Crippen molar-refractivity contribution in [2.75, 3.05) is 12.0 Å². The predicted octanol–water partition coefficient (Wildman–Crippen LogP) is 3.86. The van der Waals surface area contributed by atoms with Crippen LogP contribution in [-0.2, 0) is 0 Å². The van der Waals surface area contributed by atoms with Crippen molar-refractivity contribution in [1.82, 2.24) is 15.0 Å². The van der Waals surface area contributed by atoms with Gasteiger partial charge in [0.2, 0.25) is 0 Å². The van der Waals surface area contributed by atoms with Gasteiger partial charge in [-0.2, -0.15) is 11.8 Å². The fourth-order valence-corrected chi connectivity index (χ4v) is 3.81. The highest BCUT2D eigenvalue weighted by Crippen LogP contribution is 2.39. The fraction of sp³-hybridized carbons (Fsp3) is 0.286. The summed E-state index contributed by atoms with van der Waals surface area (Å²) in [5.74, 6) is 1.54. The second-order valence-corrected chi connectivity index (χ2v) is 6.59. The van der Waals surface area contributed by atoms with Crippen LogP contribution in [0, 0.1) is 0 Å². The van der Waals surface area contributed by atoms with Crippen molar-refractivity contribution in [3.8, 4) is 16.3 Å². The number of aromatic amines is 1. The molecule has 3 rings (SSSR count). The minimum atomic E-state index is 0.285. The highest BCUT2D eigenvalue weighted by Gasteiger charge is 2.19. The van der Waals surface area contributed by atoms with Crippen molar-refractivity contribution in [2.24, 2.45) is 0 Å². The molecule has 0 saturated heterocycles. The number of fused-ring (bicyclic) bond motifs is 1. The Morgan fingerprint density at radius 1 is 1.50 bits per heavy atom. The number of nitrogens with one attached hydrogen (secondary N) is 1. The maximum Gasteiger partial charge on any atom is 0.164 e. The van der Waals surface area contributed by atoms with Crippen LogP contribution in [-0.4, -0.2) is 32.1 Å². The molecule has 0 fully saturated rings. The van der Waals surface area contributed by atoms with Gasteiger partial charge >= 0.3 is 0 Å². The Bertz CT molecular complexity index is 721. The van der Waals surface area contributed by atoms with Gasteiger partial charge in [0.1, 0.15) is 15.4 Å². The second-order valence-electron chi connectivity index (χ2n) is 4.68. The number of nitrogens with zero attached hydrogens (tertiary/aromatic N) is 2. The molecule has 3 aromatic rings. The van der Waals surface area contributed by atoms with E-state index in [4.69, 9.17) is 0 Å². The van der Waals surface area contributed by atoms with Crippen molar-refractivity contribution >= 4 is 33.4 Å². The van der Waals surface area contributed by atoms with E-state index in [1.54, 1.807) is 35.5 Å². The van der Waals surface area contributed by atoms with E-state index < -0.39 is 0 Å². The molecule has 3 aromatic heterocycles. The molecule has 0 aliphatic rings. The zero-order valence-corrected chi connectivity index (χ0v) is 12.9. The molecule has 0 saturated carbocycles. The molecule has 2 N–H and O–H groups in total. The van der Waals surface area contributed by atoms with E-state index in [9.17, 15) is 5.11 Å². The summed E-state index contributed by atoms with van der Waals surface area (Å²) in [5.41, 5.74) is 2.52. The molecule has 0 spiro atoms. The molecule has 104 valence electrons. The van der Waals surface area contributed by atoms with E-state index in [2.05, 4.69) is 28.1 Å². The van der Waals surface area contributed by atoms with Gasteiger partial charge < -0.3 is 10.1 Å². The smallest absolute Gasteiger partial charge is 0.164 e. The molecular formula is C14H15N3OS2. The third-order valence-corrected chi connectivity index (χ3v) is 5.03. The number of thioether (sulfide) groups is 1. The summed E-state index contributed by atoms with van der Waals surface area (Å²) in [5, 5.41) is 11.2. The van der Waals surface area contributed by atoms with Crippen LogP contribution in [0.15, 0.2) is 24.5 Å². The lowest BCUT2D eigenvalue weighted by Gasteiger charge is -2.07. The van der Waals surface area contributed by atoms with Crippen LogP contribution >= 0.6 is 23.1 Å². The number of pyridine rings is 1. The highest BCUT2D eigenvalue weighted by atomic mass is 32.2. The number of H-pyrrole nitrogens is 1. The molecule has 0 amide bonds. The summed E-state index contributed by atoms with van der Waals surface area (Å²) < 4.78 is 0. The van der Waals surface area contributed by atoms with Gasteiger partial charge in [-0.05, 0) is 18.4 Å². The predicted molar refractivity (Wildman–Crippen MR) is 85.7 cm³/mol. The molecule has 0 bridgehead atoms. The maximum absolute atomic E-state index is 10.3. The molecule has 4 nitrogen and oxygen atoms in total. The Balaban J connectivity index is 2.02. The first-order chi connectivity index (χ1) is 9.70. The lowest BCUT2D eigenvalue weighted by molar-refractivity contribution is 0.469. The van der Waals surface area contributed by atoms with Crippen LogP contribution in [0.25, 0.3) is 20.9 Å². The van der Waals surface area contributed by atoms with Gasteiger partial charge in [0.25, 0.3) is 0 Å². The van der Waals surface area contributed by atoms with Crippen LogP contribution in [0.2, 0.25) is 0 Å². The Labute approximate surface area is 125 Å². The van der Waals surface area contributed by atoms with E-state index >= 15 is 0 Å². The summed E-state index contributed by atoms with van der Waals surface area (Å²) in [7, 11) is 0. The molecule has 1 atom stereocenters. The summed E-state index contributed by atoms with van der Waals surface area (Å²) >= 11 is 3.32. The lowest BCUT2D eigenvalue weighted by atomic mass is 10.1. The number of rotatable bonds is 4. The second kappa shape index (κ2) is 5.46. The fourth-order valence-electron chi connectivity index (χ4n) is 2.18. The van der Waals surface area contributed by atoms with Crippen LogP contribution < -0.4 is 0 Å². The third-order valence-electron chi connectivity index (χ3n) is 3.17. The third kappa shape index (κ3) is 2.29. The molecule has 3 heterocycles. The summed E-state index contributed by atoms with van der Waals surface area (Å²) in [6.07, 6.45) is 5.59. The van der Waals surface area contributed by atoms with Gasteiger partial charge in [-0.1, -0.05) is 18.3 Å². The molecule has 0 aliphatic heterocycles. The number of hydrogen-bond acceptors (Lipinski definition) is 5. The van der Waals surface area contributed by atoms with Crippen molar-refractivity contribution in [2.45, 2.75) is 12.8 Å². The molecule has 6 heteroatoms. The maximum atomic E-state index is 10.3. The van der Waals surface area contributed by atoms with Crippen molar-refractivity contribution < 1.29 is 5.11 Å². The van der Waals surface area contributed by atoms with E-state index in [-0.39, 0.29) is 11.7 Å². The molecular weight excluding hydrogens is 290 g/mol. The van der Waals surface area contributed by atoms with E-state index in [1.807, 2.05) is 12.1 Å². The number of aromatic nitrogens is 3. The van der Waals surface area contributed by atoms with E-state index in [0.29, 0.717) is 5.52 Å². The Hall–Kier alpha value is -1.53. The normalized spacial score (nSPS) is 12.9. The Morgan fingerprint density at radius 3 is 3.00 bits per heavy atom. The average Bonchev–Trinajstić information content (AvgIpc) is 3.00. The molecule has 1 unspecified atom stereocenters. The summed E-state index contributed by atoms with van der Waals surface area (Å²) in [6, 6.07) is 3.86. The molecule has 20 heavy (non-hydrogen) atoms. The summed E-state index contributed by atoms with van der Waals surface area (Å²) in [4.78, 5) is 12.9. The zero-order valence-electron chi connectivity index (χ0n) is 11.3. The van der Waals surface area contributed by atoms with Gasteiger partial charge in [-0.15, -0.1) is 0 Å². The molecule has 0 aromatic carbocycles. The largest absolute Gasteiger partial charge is 0.504 e. The monoisotopic (exact) mass is 305 g/mol. The first-order valence-electron chi connectivity index (χ1n) is 6.31. The Kier molecular flexibility index (Phi) is 3.67. The summed E-state index contributed by atoms with van der Waals surface area (Å²) in [6.45, 7) is 2.10. The minimum Gasteiger partial charge on any atom is -0.504 e. The standard InChI is InChI=1S/C14H15N3OS2/c1-8(7-19-2)10-12(18)11-14(16-10)20-13(17-11)9-4-3-5-15-6-9/h3-6,8,16,18H,7H2,1-2H3. The zero-order chi connectivity index (χ0) is 14.1. The number of thiazole rings is 1. The molecule has 0 radical (unpaired) electrons. The minimum absolute atomic E-state index is 0.285. The number of aromatic hydroxyl groups is 1. The Morgan fingerprint density at radius 2 is 2.35 bits per heavy atom. The van der Waals surface area contributed by atoms with Gasteiger partial charge in [-0.25, -0.2) is 4.98 Å². The lowest BCUT2D eigenvalue weighted by Crippen LogP contribution is -1.96. The average molecular weight is 305 g/mol. The highest BCUT2D eigenvalue weighted by molar-refractivity contribution is 7.98. The van der Waals surface area contributed by atoms with Gasteiger partial charge in [-0.3, -0.25) is 4.98 Å². The molecule has 0 aliphatic carbocycles. The van der Waals surface area contributed by atoms with Crippen LogP contribution in [0.4, 0.5) is 0 Å². The van der Waals surface area contributed by atoms with Gasteiger partial charge in [0.05, 0.1) is 5.69 Å². The SMILES string of the molecule is CSCC(C)c1[nH]c2sc(-c3cccnc3)nc2c1O. The quantitative estimate of drug-likeness (QED) is 0.768. The van der Waals surface area contributed by atoms with Crippen molar-refractivity contribution in [1.29, 1.82) is 0 Å². The topological polar surface area (TPSA) is 61.8 Å². The van der Waals surface area contributed by atoms with E-state index in [1.165, 1.54) is 0 Å². The van der Waals surface area contributed by atoms with Gasteiger partial charge in [0, 0.05) is 29.6 Å². The van der Waals surface area contributed by atoms with Crippen LogP contribution in [0.5, 0.6) is 5.75 Å². The van der Waals surface area contributed by atoms with E-state index in [0.717, 1.165) is 26.8 Å².